The number of carbonyl (C=O) groups excluding carboxylic acids is 1. The molecule has 10 aromatic rings. The molecular weight excluding hydrogens is 975 g/mol. The molecule has 4 aromatic carbocycles. The van der Waals surface area contributed by atoms with Crippen molar-refractivity contribution < 1.29 is 23.0 Å². The van der Waals surface area contributed by atoms with Crippen molar-refractivity contribution >= 4 is 27.9 Å². The van der Waals surface area contributed by atoms with Crippen LogP contribution in [0.1, 0.15) is 82.4 Å². The molecule has 394 valence electrons. The number of benzene rings is 4. The normalized spacial score (nSPS) is 13.7. The monoisotopic (exact) mass is 1040 g/mol. The number of hydrogen-bond acceptors (Lipinski definition) is 10. The van der Waals surface area contributed by atoms with E-state index in [-0.39, 0.29) is 24.0 Å². The van der Waals surface area contributed by atoms with Crippen LogP contribution in [0.2, 0.25) is 0 Å². The summed E-state index contributed by atoms with van der Waals surface area (Å²) in [5, 5.41) is 17.9. The number of hydrogen-bond donors (Lipinski definition) is 4. The van der Waals surface area contributed by atoms with E-state index in [1.165, 1.54) is 35.4 Å². The number of imidazole rings is 2. The number of aromatic amines is 3. The summed E-state index contributed by atoms with van der Waals surface area (Å²) in [5.41, 5.74) is 14.5. The SMILES string of the molecule is CCN(Cc1cncc(-c2ccc3c(c2)c(-c2ncc(-c4ccc(F)cc4)[nH]2)nn3C2CCCCO2)c1C)C(=O)OC(C)(C)C.CCNCc1cncc(-c2ccc3[nH]nc(-c4ncc(-c5ccc(F)cc5)[nH]4)c3c2)c1C. The molecule has 0 spiro atoms. The molecule has 11 rings (SSSR count). The molecule has 0 bridgehead atoms. The molecular formula is C60H62F2N12O3. The van der Waals surface area contributed by atoms with Crippen molar-refractivity contribution in [3.05, 3.63) is 156 Å². The zero-order valence-corrected chi connectivity index (χ0v) is 44.3. The maximum Gasteiger partial charge on any atom is 0.410 e. The lowest BCUT2D eigenvalue weighted by Crippen LogP contribution is -2.36. The third-order valence-corrected chi connectivity index (χ3v) is 13.8. The highest BCUT2D eigenvalue weighted by Crippen LogP contribution is 2.37. The van der Waals surface area contributed by atoms with E-state index in [0.717, 1.165) is 116 Å². The number of rotatable bonds is 13. The molecule has 1 fully saturated rings. The van der Waals surface area contributed by atoms with Gasteiger partial charge in [-0.3, -0.25) is 15.1 Å². The quantitative estimate of drug-likeness (QED) is 0.0868. The number of nitrogens with one attached hydrogen (secondary N) is 4. The second-order valence-electron chi connectivity index (χ2n) is 20.2. The lowest BCUT2D eigenvalue weighted by atomic mass is 9.97. The molecule has 4 N–H and O–H groups in total. The van der Waals surface area contributed by atoms with E-state index in [9.17, 15) is 13.6 Å². The van der Waals surface area contributed by atoms with Crippen LogP contribution >= 0.6 is 0 Å². The predicted molar refractivity (Wildman–Crippen MR) is 296 cm³/mol. The van der Waals surface area contributed by atoms with Crippen molar-refractivity contribution in [1.82, 2.24) is 60.1 Å². The van der Waals surface area contributed by atoms with Crippen LogP contribution in [-0.2, 0) is 22.6 Å². The third-order valence-electron chi connectivity index (χ3n) is 13.8. The fourth-order valence-electron chi connectivity index (χ4n) is 9.57. The topological polar surface area (TPSA) is 180 Å². The largest absolute Gasteiger partial charge is 0.444 e. The smallest absolute Gasteiger partial charge is 0.410 e. The number of aromatic nitrogens is 10. The Balaban J connectivity index is 0.000000185. The van der Waals surface area contributed by atoms with Gasteiger partial charge in [-0.2, -0.15) is 10.2 Å². The highest BCUT2D eigenvalue weighted by atomic mass is 19.1. The summed E-state index contributed by atoms with van der Waals surface area (Å²) in [4.78, 5) is 39.5. The second kappa shape index (κ2) is 22.4. The molecule has 1 unspecified atom stereocenters. The molecule has 77 heavy (non-hydrogen) atoms. The number of amides is 1. The fraction of sp³-hybridized carbons (Fsp3) is 0.283. The zero-order valence-electron chi connectivity index (χ0n) is 44.3. The van der Waals surface area contributed by atoms with Crippen LogP contribution in [0.3, 0.4) is 0 Å². The highest BCUT2D eigenvalue weighted by molar-refractivity contribution is 5.96. The Morgan fingerprint density at radius 1 is 0.740 bits per heavy atom. The number of halogens is 2. The van der Waals surface area contributed by atoms with Gasteiger partial charge in [0.25, 0.3) is 0 Å². The van der Waals surface area contributed by atoms with E-state index in [0.29, 0.717) is 37.0 Å². The van der Waals surface area contributed by atoms with E-state index < -0.39 is 5.60 Å². The minimum atomic E-state index is -0.576. The lowest BCUT2D eigenvalue weighted by Gasteiger charge is -2.27. The van der Waals surface area contributed by atoms with Gasteiger partial charge in [-0.25, -0.2) is 28.2 Å². The summed E-state index contributed by atoms with van der Waals surface area (Å²) in [6, 6.07) is 25.2. The molecule has 17 heteroatoms. The van der Waals surface area contributed by atoms with Crippen molar-refractivity contribution in [2.24, 2.45) is 0 Å². The Hall–Kier alpha value is -8.41. The second-order valence-corrected chi connectivity index (χ2v) is 20.2. The summed E-state index contributed by atoms with van der Waals surface area (Å²) < 4.78 is 40.5. The van der Waals surface area contributed by atoms with Crippen LogP contribution in [0.4, 0.5) is 13.6 Å². The van der Waals surface area contributed by atoms with Crippen LogP contribution in [0, 0.1) is 25.5 Å². The van der Waals surface area contributed by atoms with Crippen LogP contribution in [-0.4, -0.2) is 86.2 Å². The Bertz CT molecular complexity index is 3680. The summed E-state index contributed by atoms with van der Waals surface area (Å²) in [7, 11) is 0. The maximum atomic E-state index is 13.6. The van der Waals surface area contributed by atoms with Gasteiger partial charge in [-0.05, 0) is 185 Å². The number of H-pyrrole nitrogens is 3. The Kier molecular flexibility index (Phi) is 15.2. The van der Waals surface area contributed by atoms with Crippen molar-refractivity contribution in [3.63, 3.8) is 0 Å². The highest BCUT2D eigenvalue weighted by Gasteiger charge is 2.26. The average molecular weight is 1040 g/mol. The van der Waals surface area contributed by atoms with E-state index in [4.69, 9.17) is 14.6 Å². The van der Waals surface area contributed by atoms with E-state index in [1.807, 2.05) is 63.2 Å². The molecule has 1 saturated heterocycles. The summed E-state index contributed by atoms with van der Waals surface area (Å²) >= 11 is 0. The lowest BCUT2D eigenvalue weighted by molar-refractivity contribution is -0.0365. The molecule has 6 aromatic heterocycles. The molecule has 1 aliphatic heterocycles. The Morgan fingerprint density at radius 2 is 1.32 bits per heavy atom. The van der Waals surface area contributed by atoms with Gasteiger partial charge in [0.05, 0.1) is 41.4 Å². The van der Waals surface area contributed by atoms with Gasteiger partial charge in [0.15, 0.2) is 17.9 Å². The van der Waals surface area contributed by atoms with Crippen molar-refractivity contribution in [3.8, 4) is 67.8 Å². The predicted octanol–water partition coefficient (Wildman–Crippen LogP) is 13.3. The first kappa shape index (κ1) is 52.0. The molecule has 7 heterocycles. The van der Waals surface area contributed by atoms with Gasteiger partial charge in [0.1, 0.15) is 28.6 Å². The fourth-order valence-corrected chi connectivity index (χ4v) is 9.57. The van der Waals surface area contributed by atoms with Gasteiger partial charge < -0.3 is 29.7 Å². The number of ether oxygens (including phenoxy) is 2. The first-order valence-electron chi connectivity index (χ1n) is 26.1. The molecule has 15 nitrogen and oxygen atoms in total. The van der Waals surface area contributed by atoms with Gasteiger partial charge in [-0.1, -0.05) is 19.1 Å². The average Bonchev–Trinajstić information content (AvgIpc) is 4.41. The molecule has 0 aliphatic carbocycles. The number of carbonyl (C=O) groups is 1. The van der Waals surface area contributed by atoms with Crippen molar-refractivity contribution in [1.29, 1.82) is 0 Å². The van der Waals surface area contributed by atoms with Gasteiger partial charge in [0.2, 0.25) is 0 Å². The third kappa shape index (κ3) is 11.4. The zero-order chi connectivity index (χ0) is 53.8. The van der Waals surface area contributed by atoms with E-state index in [1.54, 1.807) is 41.6 Å². The van der Waals surface area contributed by atoms with Crippen LogP contribution in [0.25, 0.3) is 89.6 Å². The number of nitrogens with zero attached hydrogens (tertiary/aromatic N) is 8. The van der Waals surface area contributed by atoms with Crippen molar-refractivity contribution in [2.75, 3.05) is 19.7 Å². The molecule has 1 aliphatic rings. The molecule has 1 atom stereocenters. The summed E-state index contributed by atoms with van der Waals surface area (Å²) in [6.45, 7) is 17.1. The summed E-state index contributed by atoms with van der Waals surface area (Å²) in [6.07, 6.45) is 13.5. The number of pyridine rings is 2. The minimum absolute atomic E-state index is 0.160. The molecule has 0 saturated carbocycles. The van der Waals surface area contributed by atoms with Crippen LogP contribution in [0.5, 0.6) is 0 Å². The van der Waals surface area contributed by atoms with Gasteiger partial charge >= 0.3 is 6.09 Å². The van der Waals surface area contributed by atoms with Gasteiger partial charge in [-0.15, -0.1) is 0 Å². The maximum absolute atomic E-state index is 13.6. The Morgan fingerprint density at radius 3 is 1.92 bits per heavy atom. The Labute approximate surface area is 445 Å². The summed E-state index contributed by atoms with van der Waals surface area (Å²) in [5.74, 6) is 0.719. The van der Waals surface area contributed by atoms with Crippen LogP contribution in [0.15, 0.2) is 122 Å². The molecule has 1 amide bonds. The van der Waals surface area contributed by atoms with Gasteiger partial charge in [0, 0.05) is 66.4 Å². The first-order chi connectivity index (χ1) is 37.2. The number of fused-ring (bicyclic) bond motifs is 2. The van der Waals surface area contributed by atoms with Crippen molar-refractivity contribution in [2.45, 2.75) is 92.6 Å². The molecule has 0 radical (unpaired) electrons. The first-order valence-corrected chi connectivity index (χ1v) is 26.1. The van der Waals surface area contributed by atoms with E-state index in [2.05, 4.69) is 96.5 Å². The van der Waals surface area contributed by atoms with E-state index >= 15 is 0 Å². The minimum Gasteiger partial charge on any atom is -0.444 e. The standard InChI is InChI=1S/C35H39FN6O3.C25H23FN6/c1-6-41(34(43)45-35(3,4)5)21-25-18-37-19-28(22(25)2)24-12-15-30-27(17-24)32(40-42(30)31-9-7-8-16-44-31)33-38-20-29(39-33)23-10-13-26(36)14-11-23;1-3-27-11-18-12-28-13-21(15(18)2)17-6-9-22-20(10-17)24(32-31-22)25-29-14-23(30-25)16-4-7-19(26)8-5-16/h10-15,17-20,31H,6-9,16,21H2,1-5H3,(H,38,39);4-10,12-14,27H,3,11H2,1-2H3,(H,29,30)(H,31,32). The van der Waals surface area contributed by atoms with Crippen LogP contribution < -0.4 is 5.32 Å².